The Morgan fingerprint density at radius 2 is 1.07 bits per heavy atom. The van der Waals surface area contributed by atoms with Crippen molar-refractivity contribution in [3.05, 3.63) is 179 Å². The number of benzene rings is 5. The fourth-order valence-electron chi connectivity index (χ4n) is 7.77. The number of nitrogens with two attached hydrogens (primary N) is 1. The molecule has 0 bridgehead atoms. The average Bonchev–Trinajstić information content (AvgIpc) is 3.30. The van der Waals surface area contributed by atoms with Crippen LogP contribution in [0.3, 0.4) is 0 Å². The third kappa shape index (κ3) is 11.3. The summed E-state index contributed by atoms with van der Waals surface area (Å²) in [6.07, 6.45) is -12.4. The summed E-state index contributed by atoms with van der Waals surface area (Å²) in [4.78, 5) is 12.8. The second-order valence-corrected chi connectivity index (χ2v) is 15.1. The van der Waals surface area contributed by atoms with E-state index < -0.39 is 73.8 Å². The third-order valence-electron chi connectivity index (χ3n) is 10.8. The van der Waals surface area contributed by atoms with Crippen molar-refractivity contribution < 1.29 is 57.3 Å². The van der Waals surface area contributed by atoms with E-state index in [1.165, 1.54) is 0 Å². The number of fused-ring (bicyclic) bond motifs is 1. The fraction of sp³-hybridized carbons (Fsp3) is 0.354. The van der Waals surface area contributed by atoms with Gasteiger partial charge in [-0.15, -0.1) is 0 Å². The number of hydrogen-bond acceptors (Lipinski definition) is 12. The van der Waals surface area contributed by atoms with Gasteiger partial charge in [-0.25, -0.2) is 4.79 Å². The molecule has 0 radical (unpaired) electrons. The molecule has 13 nitrogen and oxygen atoms in total. The van der Waals surface area contributed by atoms with Crippen LogP contribution in [0.15, 0.2) is 152 Å². The normalized spacial score (nSPS) is 28.7. The Hall–Kier alpha value is -5.03. The lowest BCUT2D eigenvalue weighted by molar-refractivity contribution is -0.396. The molecule has 0 saturated carbocycles. The highest BCUT2D eigenvalue weighted by Gasteiger charge is 2.56. The molecule has 0 aromatic heterocycles. The fourth-order valence-corrected chi connectivity index (χ4v) is 7.77. The van der Waals surface area contributed by atoms with Gasteiger partial charge in [0, 0.05) is 5.56 Å². The van der Waals surface area contributed by atoms with Crippen LogP contribution in [-0.2, 0) is 73.8 Å². The summed E-state index contributed by atoms with van der Waals surface area (Å²) in [7, 11) is 0. The summed E-state index contributed by atoms with van der Waals surface area (Å²) in [6, 6.07) is 48.0. The van der Waals surface area contributed by atoms with Gasteiger partial charge in [-0.05, 0) is 22.3 Å². The molecule has 3 N–H and O–H groups in total. The molecule has 0 aliphatic carbocycles. The van der Waals surface area contributed by atoms with Crippen molar-refractivity contribution in [2.24, 2.45) is 5.73 Å². The van der Waals surface area contributed by atoms with Crippen LogP contribution >= 0.6 is 0 Å². The lowest BCUT2D eigenvalue weighted by atomic mass is 9.95. The Kier molecular flexibility index (Phi) is 14.8. The molecule has 320 valence electrons. The van der Waals surface area contributed by atoms with Crippen LogP contribution in [0.25, 0.3) is 0 Å². The van der Waals surface area contributed by atoms with Crippen molar-refractivity contribution in [2.45, 2.75) is 94.1 Å². The van der Waals surface area contributed by atoms with Crippen molar-refractivity contribution in [3.63, 3.8) is 0 Å². The molecule has 3 fully saturated rings. The Morgan fingerprint density at radius 1 is 0.574 bits per heavy atom. The van der Waals surface area contributed by atoms with Gasteiger partial charge in [0.1, 0.15) is 42.7 Å². The molecule has 0 spiro atoms. The van der Waals surface area contributed by atoms with E-state index in [9.17, 15) is 9.90 Å². The molecule has 3 aliphatic rings. The van der Waals surface area contributed by atoms with Crippen LogP contribution in [-0.4, -0.2) is 85.8 Å². The minimum atomic E-state index is -1.53. The van der Waals surface area contributed by atoms with Crippen LogP contribution in [0, 0.1) is 0 Å². The first-order valence-corrected chi connectivity index (χ1v) is 20.5. The molecule has 2 unspecified atom stereocenters. The lowest BCUT2D eigenvalue weighted by Crippen LogP contribution is -2.67. The van der Waals surface area contributed by atoms with Gasteiger partial charge in [-0.2, -0.15) is 0 Å². The maximum atomic E-state index is 12.8. The van der Waals surface area contributed by atoms with Crippen molar-refractivity contribution in [2.75, 3.05) is 13.2 Å². The van der Waals surface area contributed by atoms with E-state index in [1.807, 2.05) is 152 Å². The molecule has 3 aliphatic heterocycles. The summed E-state index contributed by atoms with van der Waals surface area (Å²) < 4.78 is 64.5. The summed E-state index contributed by atoms with van der Waals surface area (Å²) in [5, 5.41) is 11.8. The Bertz CT molecular complexity index is 2050. The zero-order valence-electron chi connectivity index (χ0n) is 33.5. The largest absolute Gasteiger partial charge is 0.441 e. The van der Waals surface area contributed by atoms with Gasteiger partial charge in [-0.1, -0.05) is 152 Å². The van der Waals surface area contributed by atoms with Crippen LogP contribution in [0.4, 0.5) is 4.79 Å². The molecule has 61 heavy (non-hydrogen) atoms. The standard InChI is InChI=1S/C48H51NO12/c49-48(51)61-42-39(53-27-33-18-8-2-9-19-33)37(30-52-26-32-16-6-1-7-17-32)58-47(44(42)55-29-35-22-12-4-13-23-35)60-43-41(54-28-34-20-10-3-11-21-34)40-38(57-45(43)50)31-56-46(59-40)36-24-14-5-15-25-36/h1-25,37-47,50H,26-31H2,(H2,49,51)/t37-,38+,39-,40-,41+,42+,43+,44+,45?,46?,47-/m1/s1. The van der Waals surface area contributed by atoms with Crippen LogP contribution in [0.1, 0.15) is 34.1 Å². The van der Waals surface area contributed by atoms with Gasteiger partial charge in [0.05, 0.1) is 39.6 Å². The Labute approximate surface area is 355 Å². The number of aliphatic hydroxyl groups excluding tert-OH is 1. The Morgan fingerprint density at radius 3 is 1.61 bits per heavy atom. The molecular weight excluding hydrogens is 783 g/mol. The van der Waals surface area contributed by atoms with Gasteiger partial charge < -0.3 is 58.2 Å². The van der Waals surface area contributed by atoms with E-state index in [0.717, 1.165) is 27.8 Å². The highest BCUT2D eigenvalue weighted by molar-refractivity contribution is 5.65. The number of aliphatic hydroxyl groups is 1. The SMILES string of the molecule is NC(=O)O[C@@H]1[C@H](OCc2ccccc2)[C@@H](O[C@@H]2C(O)O[C@H]3COC(c4ccccc4)O[C@H]3[C@@H]2OCc2ccccc2)O[C@H](COCc2ccccc2)[C@H]1OCc1ccccc1. The first-order chi connectivity index (χ1) is 30.0. The number of carbonyl (C=O) groups excluding carboxylic acids is 1. The van der Waals surface area contributed by atoms with Crippen LogP contribution in [0.2, 0.25) is 0 Å². The maximum absolute atomic E-state index is 12.8. The summed E-state index contributed by atoms with van der Waals surface area (Å²) >= 11 is 0. The minimum absolute atomic E-state index is 0.000200. The molecule has 5 aromatic rings. The lowest BCUT2D eigenvalue weighted by Gasteiger charge is -2.50. The number of primary amides is 1. The van der Waals surface area contributed by atoms with Crippen molar-refractivity contribution in [1.82, 2.24) is 0 Å². The van der Waals surface area contributed by atoms with Gasteiger partial charge >= 0.3 is 6.09 Å². The molecule has 13 heteroatoms. The monoisotopic (exact) mass is 833 g/mol. The molecular formula is C48H51NO12. The van der Waals surface area contributed by atoms with E-state index in [4.69, 9.17) is 53.1 Å². The second kappa shape index (κ2) is 21.2. The van der Waals surface area contributed by atoms with Crippen LogP contribution in [0.5, 0.6) is 0 Å². The van der Waals surface area contributed by atoms with Crippen molar-refractivity contribution >= 4 is 6.09 Å². The molecule has 8 rings (SSSR count). The third-order valence-corrected chi connectivity index (χ3v) is 10.8. The first-order valence-electron chi connectivity index (χ1n) is 20.5. The second-order valence-electron chi connectivity index (χ2n) is 15.1. The van der Waals surface area contributed by atoms with Gasteiger partial charge in [0.25, 0.3) is 0 Å². The van der Waals surface area contributed by atoms with Gasteiger partial charge in [0.2, 0.25) is 0 Å². The van der Waals surface area contributed by atoms with E-state index in [1.54, 1.807) is 0 Å². The van der Waals surface area contributed by atoms with E-state index in [2.05, 4.69) is 0 Å². The summed E-state index contributed by atoms with van der Waals surface area (Å²) in [5.41, 5.74) is 10.2. The van der Waals surface area contributed by atoms with E-state index in [0.29, 0.717) is 0 Å². The molecule has 1 amide bonds. The zero-order valence-corrected chi connectivity index (χ0v) is 33.5. The first kappa shape index (κ1) is 42.7. The average molecular weight is 834 g/mol. The highest BCUT2D eigenvalue weighted by atomic mass is 16.8. The van der Waals surface area contributed by atoms with Gasteiger partial charge in [-0.3, -0.25) is 0 Å². The molecule has 11 atom stereocenters. The Balaban J connectivity index is 1.13. The molecule has 3 heterocycles. The predicted octanol–water partition coefficient (Wildman–Crippen LogP) is 6.36. The van der Waals surface area contributed by atoms with Crippen molar-refractivity contribution in [3.8, 4) is 0 Å². The minimum Gasteiger partial charge on any atom is -0.441 e. The van der Waals surface area contributed by atoms with Crippen LogP contribution < -0.4 is 5.73 Å². The van der Waals surface area contributed by atoms with Crippen molar-refractivity contribution in [1.29, 1.82) is 0 Å². The topological polar surface area (TPSA) is 156 Å². The van der Waals surface area contributed by atoms with E-state index in [-0.39, 0.29) is 39.6 Å². The smallest absolute Gasteiger partial charge is 0.404 e. The number of carbonyl (C=O) groups is 1. The zero-order chi connectivity index (χ0) is 41.8. The molecule has 3 saturated heterocycles. The highest BCUT2D eigenvalue weighted by Crippen LogP contribution is 2.39. The summed E-state index contributed by atoms with van der Waals surface area (Å²) in [5.74, 6) is 0. The number of rotatable bonds is 17. The quantitative estimate of drug-likeness (QED) is 0.107. The van der Waals surface area contributed by atoms with Gasteiger partial charge in [0.15, 0.2) is 25.0 Å². The molecule has 5 aromatic carbocycles. The maximum Gasteiger partial charge on any atom is 0.404 e. The number of amides is 1. The predicted molar refractivity (Wildman–Crippen MR) is 220 cm³/mol. The number of ether oxygens (including phenoxy) is 10. The van der Waals surface area contributed by atoms with E-state index >= 15 is 0 Å². The number of hydrogen-bond donors (Lipinski definition) is 2. The summed E-state index contributed by atoms with van der Waals surface area (Å²) in [6.45, 7) is 0.782.